The van der Waals surface area contributed by atoms with Crippen LogP contribution in [-0.4, -0.2) is 23.2 Å². The lowest BCUT2D eigenvalue weighted by Gasteiger charge is -2.17. The van der Waals surface area contributed by atoms with Crippen molar-refractivity contribution in [1.29, 1.82) is 0 Å². The van der Waals surface area contributed by atoms with Crippen LogP contribution in [0.3, 0.4) is 0 Å². The lowest BCUT2D eigenvalue weighted by Crippen LogP contribution is -2.35. The standard InChI is InChI=1S/C4H6Cl3NO/c5-4(6,7)3-8-1-2-9-3/h3,8H,1-2H2/t3-/m1/s1. The molecule has 1 aliphatic rings. The summed E-state index contributed by atoms with van der Waals surface area (Å²) in [5.41, 5.74) is 0. The van der Waals surface area contributed by atoms with E-state index in [2.05, 4.69) is 5.32 Å². The van der Waals surface area contributed by atoms with Crippen LogP contribution in [0.1, 0.15) is 0 Å². The van der Waals surface area contributed by atoms with Gasteiger partial charge in [-0.1, -0.05) is 34.8 Å². The van der Waals surface area contributed by atoms with Crippen LogP contribution in [-0.2, 0) is 4.74 Å². The second-order valence-electron chi connectivity index (χ2n) is 1.75. The van der Waals surface area contributed by atoms with Gasteiger partial charge >= 0.3 is 0 Å². The summed E-state index contributed by atoms with van der Waals surface area (Å²) in [5, 5.41) is 2.88. The van der Waals surface area contributed by atoms with Gasteiger partial charge in [0.2, 0.25) is 3.79 Å². The number of hydrogen-bond donors (Lipinski definition) is 1. The molecule has 0 saturated carbocycles. The molecule has 9 heavy (non-hydrogen) atoms. The Morgan fingerprint density at radius 1 is 1.44 bits per heavy atom. The van der Waals surface area contributed by atoms with E-state index in [-0.39, 0.29) is 0 Å². The van der Waals surface area contributed by atoms with E-state index in [9.17, 15) is 0 Å². The van der Waals surface area contributed by atoms with Gasteiger partial charge in [-0.2, -0.15) is 0 Å². The summed E-state index contributed by atoms with van der Waals surface area (Å²) in [7, 11) is 0. The smallest absolute Gasteiger partial charge is 0.229 e. The molecule has 1 atom stereocenters. The lowest BCUT2D eigenvalue weighted by molar-refractivity contribution is 0.104. The van der Waals surface area contributed by atoms with Crippen LogP contribution >= 0.6 is 34.8 Å². The molecule has 0 aromatic heterocycles. The summed E-state index contributed by atoms with van der Waals surface area (Å²) in [6.45, 7) is 1.36. The number of rotatable bonds is 0. The average Bonchev–Trinajstić information content (AvgIpc) is 2.08. The highest BCUT2D eigenvalue weighted by molar-refractivity contribution is 6.68. The normalized spacial score (nSPS) is 29.0. The molecular weight excluding hydrogens is 184 g/mol. The molecule has 0 spiro atoms. The third kappa shape index (κ3) is 2.13. The number of alkyl halides is 3. The largest absolute Gasteiger partial charge is 0.357 e. The molecule has 5 heteroatoms. The van der Waals surface area contributed by atoms with Crippen LogP contribution in [0.5, 0.6) is 0 Å². The Balaban J connectivity index is 2.42. The summed E-state index contributed by atoms with van der Waals surface area (Å²) in [4.78, 5) is 0. The molecule has 1 aliphatic heterocycles. The molecule has 0 aromatic carbocycles. The Hall–Kier alpha value is 0.790. The molecule has 0 aromatic rings. The summed E-state index contributed by atoms with van der Waals surface area (Å²) >= 11 is 16.4. The Morgan fingerprint density at radius 3 is 2.33 bits per heavy atom. The van der Waals surface area contributed by atoms with Gasteiger partial charge in [0, 0.05) is 6.54 Å². The monoisotopic (exact) mass is 189 g/mol. The van der Waals surface area contributed by atoms with Crippen LogP contribution in [0.2, 0.25) is 0 Å². The first-order valence-electron chi connectivity index (χ1n) is 2.52. The van der Waals surface area contributed by atoms with Crippen molar-refractivity contribution in [3.05, 3.63) is 0 Å². The summed E-state index contributed by atoms with van der Waals surface area (Å²) in [6, 6.07) is 0. The van der Waals surface area contributed by atoms with Crippen molar-refractivity contribution in [2.75, 3.05) is 13.2 Å². The molecule has 1 heterocycles. The zero-order valence-corrected chi connectivity index (χ0v) is 6.80. The second-order valence-corrected chi connectivity index (χ2v) is 4.12. The Bertz CT molecular complexity index is 96.5. The van der Waals surface area contributed by atoms with Crippen molar-refractivity contribution < 1.29 is 4.74 Å². The topological polar surface area (TPSA) is 21.3 Å². The maximum absolute atomic E-state index is 5.48. The van der Waals surface area contributed by atoms with Crippen LogP contribution in [0.4, 0.5) is 0 Å². The molecule has 0 unspecified atom stereocenters. The molecular formula is C4H6Cl3NO. The van der Waals surface area contributed by atoms with Crippen molar-refractivity contribution in [2.24, 2.45) is 0 Å². The SMILES string of the molecule is ClC(Cl)(Cl)[C@@H]1NCCO1. The van der Waals surface area contributed by atoms with Gasteiger partial charge in [-0.15, -0.1) is 0 Å². The minimum atomic E-state index is -1.34. The predicted octanol–water partition coefficient (Wildman–Crippen LogP) is 1.30. The van der Waals surface area contributed by atoms with Gasteiger partial charge in [0.25, 0.3) is 0 Å². The maximum atomic E-state index is 5.48. The van der Waals surface area contributed by atoms with E-state index in [4.69, 9.17) is 39.5 Å². The highest BCUT2D eigenvalue weighted by atomic mass is 35.6. The van der Waals surface area contributed by atoms with E-state index in [0.29, 0.717) is 6.61 Å². The van der Waals surface area contributed by atoms with Crippen molar-refractivity contribution >= 4 is 34.8 Å². The summed E-state index contributed by atoms with van der Waals surface area (Å²) < 4.78 is 3.67. The number of ether oxygens (including phenoxy) is 1. The van der Waals surface area contributed by atoms with Crippen LogP contribution in [0.15, 0.2) is 0 Å². The van der Waals surface area contributed by atoms with E-state index in [1.807, 2.05) is 0 Å². The fraction of sp³-hybridized carbons (Fsp3) is 1.00. The average molecular weight is 190 g/mol. The van der Waals surface area contributed by atoms with E-state index >= 15 is 0 Å². The molecule has 54 valence electrons. The summed E-state index contributed by atoms with van der Waals surface area (Å²) in [5.74, 6) is 0. The fourth-order valence-corrected chi connectivity index (χ4v) is 1.06. The Morgan fingerprint density at radius 2 is 2.11 bits per heavy atom. The molecule has 0 radical (unpaired) electrons. The van der Waals surface area contributed by atoms with E-state index in [0.717, 1.165) is 6.54 Å². The van der Waals surface area contributed by atoms with Crippen LogP contribution in [0.25, 0.3) is 0 Å². The first-order chi connectivity index (χ1) is 4.11. The molecule has 0 bridgehead atoms. The van der Waals surface area contributed by atoms with Crippen LogP contribution < -0.4 is 5.32 Å². The maximum Gasteiger partial charge on any atom is 0.229 e. The van der Waals surface area contributed by atoms with E-state index in [1.54, 1.807) is 0 Å². The molecule has 1 saturated heterocycles. The van der Waals surface area contributed by atoms with Gasteiger partial charge in [0.15, 0.2) is 6.23 Å². The number of halogens is 3. The molecule has 1 fully saturated rings. The highest BCUT2D eigenvalue weighted by Gasteiger charge is 2.35. The van der Waals surface area contributed by atoms with E-state index < -0.39 is 10.0 Å². The van der Waals surface area contributed by atoms with Gasteiger partial charge < -0.3 is 4.74 Å². The zero-order chi connectivity index (χ0) is 6.91. The third-order valence-electron chi connectivity index (χ3n) is 1.01. The fourth-order valence-electron chi connectivity index (χ4n) is 0.636. The van der Waals surface area contributed by atoms with E-state index in [1.165, 1.54) is 0 Å². The lowest BCUT2D eigenvalue weighted by atomic mass is 10.6. The van der Waals surface area contributed by atoms with Crippen molar-refractivity contribution in [3.8, 4) is 0 Å². The molecule has 0 aliphatic carbocycles. The molecule has 1 N–H and O–H groups in total. The first-order valence-corrected chi connectivity index (χ1v) is 3.66. The van der Waals surface area contributed by atoms with Gasteiger partial charge in [0.1, 0.15) is 0 Å². The third-order valence-corrected chi connectivity index (χ3v) is 1.61. The Labute approximate surface area is 68.4 Å². The Kier molecular flexibility index (Phi) is 2.46. The number of nitrogens with one attached hydrogen (secondary N) is 1. The molecule has 2 nitrogen and oxygen atoms in total. The van der Waals surface area contributed by atoms with Gasteiger partial charge in [-0.3, -0.25) is 5.32 Å². The zero-order valence-electron chi connectivity index (χ0n) is 4.53. The van der Waals surface area contributed by atoms with Crippen molar-refractivity contribution in [2.45, 2.75) is 10.0 Å². The number of hydrogen-bond acceptors (Lipinski definition) is 2. The minimum absolute atomic E-state index is 0.442. The predicted molar refractivity (Wildman–Crippen MR) is 38.0 cm³/mol. The first kappa shape index (κ1) is 7.89. The van der Waals surface area contributed by atoms with Crippen LogP contribution in [0, 0.1) is 0 Å². The van der Waals surface area contributed by atoms with Crippen molar-refractivity contribution in [1.82, 2.24) is 5.32 Å². The summed E-state index contributed by atoms with van der Waals surface area (Å²) in [6.07, 6.45) is -0.442. The van der Waals surface area contributed by atoms with Gasteiger partial charge in [-0.25, -0.2) is 0 Å². The molecule has 0 amide bonds. The highest BCUT2D eigenvalue weighted by Crippen LogP contribution is 2.31. The van der Waals surface area contributed by atoms with Gasteiger partial charge in [0.05, 0.1) is 6.61 Å². The van der Waals surface area contributed by atoms with Gasteiger partial charge in [-0.05, 0) is 0 Å². The molecule has 1 rings (SSSR count). The van der Waals surface area contributed by atoms with Crippen molar-refractivity contribution in [3.63, 3.8) is 0 Å². The second kappa shape index (κ2) is 2.81. The quantitative estimate of drug-likeness (QED) is 0.582. The minimum Gasteiger partial charge on any atom is -0.357 e.